The molecule has 0 spiro atoms. The number of carbonyl (C=O) groups is 1. The molecular weight excluding hydrogens is 451 g/mol. The van der Waals surface area contributed by atoms with E-state index in [9.17, 15) is 9.18 Å². The van der Waals surface area contributed by atoms with Crippen molar-refractivity contribution in [2.24, 2.45) is 0 Å². The molecule has 0 radical (unpaired) electrons. The van der Waals surface area contributed by atoms with Crippen LogP contribution in [0.4, 0.5) is 10.1 Å². The number of benzene rings is 3. The zero-order valence-electron chi connectivity index (χ0n) is 21.7. The van der Waals surface area contributed by atoms with Crippen LogP contribution in [0.1, 0.15) is 55.1 Å². The normalized spacial score (nSPS) is 14.6. The summed E-state index contributed by atoms with van der Waals surface area (Å²) < 4.78 is 20.3. The highest BCUT2D eigenvalue weighted by atomic mass is 19.1. The molecule has 4 rings (SSSR count). The highest BCUT2D eigenvalue weighted by molar-refractivity contribution is 5.96. The lowest BCUT2D eigenvalue weighted by Gasteiger charge is -2.36. The van der Waals surface area contributed by atoms with E-state index in [1.54, 1.807) is 12.1 Å². The fourth-order valence-corrected chi connectivity index (χ4v) is 4.53. The molecule has 5 heteroatoms. The predicted octanol–water partition coefficient (Wildman–Crippen LogP) is 6.49. The van der Waals surface area contributed by atoms with Gasteiger partial charge in [0.25, 0.3) is 0 Å². The summed E-state index contributed by atoms with van der Waals surface area (Å²) in [6, 6.07) is 23.0. The predicted molar refractivity (Wildman–Crippen MR) is 145 cm³/mol. The molecule has 0 saturated carbocycles. The third-order valence-electron chi connectivity index (χ3n) is 6.84. The third-order valence-corrected chi connectivity index (χ3v) is 6.84. The summed E-state index contributed by atoms with van der Waals surface area (Å²) in [5.74, 6) is 0.151. The van der Waals surface area contributed by atoms with Gasteiger partial charge in [0.05, 0.1) is 0 Å². The number of piperazine rings is 1. The molecule has 1 heterocycles. The lowest BCUT2D eigenvalue weighted by molar-refractivity contribution is 0.0974. The Bertz CT molecular complexity index is 1130. The molecular formula is C31H37FN2O2. The van der Waals surface area contributed by atoms with E-state index in [0.717, 1.165) is 56.0 Å². The van der Waals surface area contributed by atoms with Crippen molar-refractivity contribution in [1.29, 1.82) is 0 Å². The van der Waals surface area contributed by atoms with Crippen molar-refractivity contribution in [2.75, 3.05) is 37.6 Å². The van der Waals surface area contributed by atoms with Crippen LogP contribution in [0.3, 0.4) is 0 Å². The molecule has 0 atom stereocenters. The summed E-state index contributed by atoms with van der Waals surface area (Å²) in [6.45, 7) is 11.3. The molecule has 0 bridgehead atoms. The summed E-state index contributed by atoms with van der Waals surface area (Å²) in [6.07, 6.45) is 1.41. The highest BCUT2D eigenvalue weighted by Gasteiger charge is 2.19. The second kappa shape index (κ2) is 11.7. The van der Waals surface area contributed by atoms with Crippen LogP contribution < -0.4 is 9.64 Å². The Morgan fingerprint density at radius 3 is 2.25 bits per heavy atom. The first-order chi connectivity index (χ1) is 17.3. The first kappa shape index (κ1) is 25.9. The van der Waals surface area contributed by atoms with Gasteiger partial charge in [0.2, 0.25) is 0 Å². The van der Waals surface area contributed by atoms with Crippen LogP contribution in [0.2, 0.25) is 0 Å². The first-order valence-corrected chi connectivity index (χ1v) is 12.9. The van der Waals surface area contributed by atoms with Gasteiger partial charge in [-0.1, -0.05) is 75.4 Å². The average molecular weight is 489 g/mol. The lowest BCUT2D eigenvalue weighted by atomic mass is 9.86. The molecule has 1 aliphatic heterocycles. The molecule has 3 aromatic carbocycles. The Morgan fingerprint density at radius 2 is 1.61 bits per heavy atom. The molecule has 1 aliphatic rings. The summed E-state index contributed by atoms with van der Waals surface area (Å²) >= 11 is 0. The Balaban J connectivity index is 1.20. The van der Waals surface area contributed by atoms with E-state index >= 15 is 0 Å². The minimum absolute atomic E-state index is 0.0909. The molecule has 36 heavy (non-hydrogen) atoms. The number of anilines is 1. The van der Waals surface area contributed by atoms with Gasteiger partial charge in [-0.15, -0.1) is 0 Å². The summed E-state index contributed by atoms with van der Waals surface area (Å²) in [7, 11) is 0. The van der Waals surface area contributed by atoms with Gasteiger partial charge >= 0.3 is 0 Å². The minimum Gasteiger partial charge on any atom is -0.486 e. The van der Waals surface area contributed by atoms with Gasteiger partial charge in [-0.3, -0.25) is 9.69 Å². The molecule has 4 nitrogen and oxygen atoms in total. The first-order valence-electron chi connectivity index (χ1n) is 12.9. The van der Waals surface area contributed by atoms with E-state index in [1.807, 2.05) is 48.5 Å². The van der Waals surface area contributed by atoms with E-state index in [0.29, 0.717) is 13.0 Å². The van der Waals surface area contributed by atoms with Crippen LogP contribution >= 0.6 is 0 Å². The number of hydrogen-bond acceptors (Lipinski definition) is 4. The van der Waals surface area contributed by atoms with Crippen LogP contribution in [-0.2, 0) is 12.0 Å². The second-order valence-electron chi connectivity index (χ2n) is 10.6. The number of ketones is 1. The fourth-order valence-electron chi connectivity index (χ4n) is 4.53. The van der Waals surface area contributed by atoms with Gasteiger partial charge in [0.15, 0.2) is 17.3 Å². The lowest BCUT2D eigenvalue weighted by Crippen LogP contribution is -2.46. The van der Waals surface area contributed by atoms with Gasteiger partial charge in [-0.25, -0.2) is 4.39 Å². The maximum absolute atomic E-state index is 14.7. The van der Waals surface area contributed by atoms with Crippen molar-refractivity contribution in [3.63, 3.8) is 0 Å². The van der Waals surface area contributed by atoms with Crippen LogP contribution in [0.15, 0.2) is 72.8 Å². The standard InChI is InChI=1S/C31H37FN2O2/c1-31(2,3)26-13-11-25(12-14-26)29(35)10-7-17-33-18-20-34(21-19-33)27-15-16-30(28(32)22-27)36-23-24-8-5-4-6-9-24/h4-6,8-9,11-16,22H,7,10,17-21,23H2,1-3H3. The molecule has 0 aliphatic carbocycles. The van der Waals surface area contributed by atoms with E-state index in [1.165, 1.54) is 5.56 Å². The van der Waals surface area contributed by atoms with Crippen LogP contribution in [-0.4, -0.2) is 43.4 Å². The maximum atomic E-state index is 14.7. The highest BCUT2D eigenvalue weighted by Crippen LogP contribution is 2.26. The number of hydrogen-bond donors (Lipinski definition) is 0. The van der Waals surface area contributed by atoms with Crippen molar-refractivity contribution in [2.45, 2.75) is 45.6 Å². The number of ether oxygens (including phenoxy) is 1. The van der Waals surface area contributed by atoms with Gasteiger partial charge in [-0.2, -0.15) is 0 Å². The minimum atomic E-state index is -0.333. The SMILES string of the molecule is CC(C)(C)c1ccc(C(=O)CCCN2CCN(c3ccc(OCc4ccccc4)c(F)c3)CC2)cc1. The second-order valence-corrected chi connectivity index (χ2v) is 10.6. The zero-order valence-corrected chi connectivity index (χ0v) is 21.7. The fraction of sp³-hybridized carbons (Fsp3) is 0.387. The largest absolute Gasteiger partial charge is 0.486 e. The van der Waals surface area contributed by atoms with Crippen LogP contribution in [0.5, 0.6) is 5.75 Å². The van der Waals surface area contributed by atoms with Crippen molar-refractivity contribution < 1.29 is 13.9 Å². The van der Waals surface area contributed by atoms with Crippen LogP contribution in [0, 0.1) is 5.82 Å². The van der Waals surface area contributed by atoms with Crippen molar-refractivity contribution in [1.82, 2.24) is 4.90 Å². The number of carbonyl (C=O) groups excluding carboxylic acids is 1. The monoisotopic (exact) mass is 488 g/mol. The Kier molecular flexibility index (Phi) is 8.42. The summed E-state index contributed by atoms with van der Waals surface area (Å²) in [5.41, 5.74) is 4.02. The molecule has 0 amide bonds. The molecule has 0 unspecified atom stereocenters. The summed E-state index contributed by atoms with van der Waals surface area (Å²) in [5, 5.41) is 0. The molecule has 0 aromatic heterocycles. The van der Waals surface area contributed by atoms with E-state index in [-0.39, 0.29) is 22.8 Å². The Morgan fingerprint density at radius 1 is 0.917 bits per heavy atom. The van der Waals surface area contributed by atoms with Crippen LogP contribution in [0.25, 0.3) is 0 Å². The number of rotatable bonds is 9. The van der Waals surface area contributed by atoms with Crippen molar-refractivity contribution in [3.8, 4) is 5.75 Å². The topological polar surface area (TPSA) is 32.8 Å². The van der Waals surface area contributed by atoms with Gasteiger partial charge in [-0.05, 0) is 41.6 Å². The number of halogens is 1. The molecule has 1 saturated heterocycles. The number of Topliss-reactive ketones (excluding diaryl/α,β-unsaturated/α-hetero) is 1. The van der Waals surface area contributed by atoms with E-state index < -0.39 is 0 Å². The quantitative estimate of drug-likeness (QED) is 0.323. The van der Waals surface area contributed by atoms with E-state index in [2.05, 4.69) is 42.7 Å². The summed E-state index contributed by atoms with van der Waals surface area (Å²) in [4.78, 5) is 17.2. The molecule has 1 fully saturated rings. The average Bonchev–Trinajstić information content (AvgIpc) is 2.88. The zero-order chi connectivity index (χ0) is 25.5. The molecule has 190 valence electrons. The third kappa shape index (κ3) is 6.94. The van der Waals surface area contributed by atoms with Crippen molar-refractivity contribution >= 4 is 11.5 Å². The molecule has 3 aromatic rings. The number of nitrogens with zero attached hydrogens (tertiary/aromatic N) is 2. The molecule has 0 N–H and O–H groups in total. The van der Waals surface area contributed by atoms with Crippen molar-refractivity contribution in [3.05, 3.63) is 95.3 Å². The van der Waals surface area contributed by atoms with E-state index in [4.69, 9.17) is 4.74 Å². The smallest absolute Gasteiger partial charge is 0.167 e. The van der Waals surface area contributed by atoms with Gasteiger partial charge in [0, 0.05) is 49.9 Å². The Labute approximate surface area is 214 Å². The van der Waals surface area contributed by atoms with Gasteiger partial charge in [0.1, 0.15) is 6.61 Å². The van der Waals surface area contributed by atoms with Gasteiger partial charge < -0.3 is 9.64 Å². The Hall–Kier alpha value is -3.18. The maximum Gasteiger partial charge on any atom is 0.167 e.